The molecule has 0 aliphatic heterocycles. The van der Waals surface area contributed by atoms with Crippen LogP contribution in [0, 0.1) is 5.92 Å². The Balaban J connectivity index is 2.16. The third-order valence-electron chi connectivity index (χ3n) is 3.73. The molecular formula is C15H19ClO4S. The molecule has 0 bridgehead atoms. The summed E-state index contributed by atoms with van der Waals surface area (Å²) in [6.07, 6.45) is 4.91. The summed E-state index contributed by atoms with van der Waals surface area (Å²) >= 11 is 5.87. The van der Waals surface area contributed by atoms with Crippen molar-refractivity contribution in [2.45, 2.75) is 43.6 Å². The molecule has 2 rings (SSSR count). The highest BCUT2D eigenvalue weighted by Gasteiger charge is 2.23. The molecule has 0 spiro atoms. The Labute approximate surface area is 130 Å². The van der Waals surface area contributed by atoms with Gasteiger partial charge in [-0.1, -0.05) is 24.9 Å². The molecule has 1 aromatic carbocycles. The zero-order valence-electron chi connectivity index (χ0n) is 12.1. The number of ether oxygens (including phenoxy) is 1. The highest BCUT2D eigenvalue weighted by Crippen LogP contribution is 2.27. The van der Waals surface area contributed by atoms with Gasteiger partial charge in [-0.2, -0.15) is 0 Å². The van der Waals surface area contributed by atoms with E-state index in [9.17, 15) is 13.2 Å². The Morgan fingerprint density at radius 3 is 2.67 bits per heavy atom. The van der Waals surface area contributed by atoms with Crippen LogP contribution >= 0.6 is 11.6 Å². The Kier molecular flexibility index (Phi) is 4.94. The van der Waals surface area contributed by atoms with E-state index in [4.69, 9.17) is 16.3 Å². The second kappa shape index (κ2) is 6.36. The van der Waals surface area contributed by atoms with Crippen LogP contribution in [-0.4, -0.2) is 26.7 Å². The van der Waals surface area contributed by atoms with Gasteiger partial charge in [-0.3, -0.25) is 0 Å². The van der Waals surface area contributed by atoms with Crippen LogP contribution in [0.3, 0.4) is 0 Å². The van der Waals surface area contributed by atoms with Crippen molar-refractivity contribution >= 4 is 27.4 Å². The number of hydrogen-bond acceptors (Lipinski definition) is 4. The summed E-state index contributed by atoms with van der Waals surface area (Å²) < 4.78 is 28.7. The van der Waals surface area contributed by atoms with Crippen molar-refractivity contribution in [3.63, 3.8) is 0 Å². The molecule has 0 N–H and O–H groups in total. The quantitative estimate of drug-likeness (QED) is 0.796. The first-order valence-corrected chi connectivity index (χ1v) is 9.25. The second-order valence-corrected chi connectivity index (χ2v) is 8.11. The van der Waals surface area contributed by atoms with Crippen LogP contribution in [0.1, 0.15) is 43.0 Å². The summed E-state index contributed by atoms with van der Waals surface area (Å²) in [5.74, 6) is 0.0593. The lowest BCUT2D eigenvalue weighted by Gasteiger charge is -2.26. The topological polar surface area (TPSA) is 60.4 Å². The van der Waals surface area contributed by atoms with Gasteiger partial charge in [-0.15, -0.1) is 0 Å². The highest BCUT2D eigenvalue weighted by molar-refractivity contribution is 7.90. The molecule has 0 radical (unpaired) electrons. The van der Waals surface area contributed by atoms with Gasteiger partial charge in [-0.05, 0) is 43.4 Å². The van der Waals surface area contributed by atoms with Crippen LogP contribution in [0.5, 0.6) is 0 Å². The number of rotatable bonds is 3. The van der Waals surface area contributed by atoms with E-state index in [1.165, 1.54) is 18.2 Å². The molecule has 2 atom stereocenters. The molecule has 0 amide bonds. The van der Waals surface area contributed by atoms with Gasteiger partial charge in [0.05, 0.1) is 15.5 Å². The van der Waals surface area contributed by atoms with Crippen LogP contribution in [0.15, 0.2) is 23.1 Å². The van der Waals surface area contributed by atoms with Gasteiger partial charge in [0.15, 0.2) is 9.84 Å². The zero-order chi connectivity index (χ0) is 15.6. The van der Waals surface area contributed by atoms with Crippen molar-refractivity contribution in [1.29, 1.82) is 0 Å². The van der Waals surface area contributed by atoms with Crippen molar-refractivity contribution in [1.82, 2.24) is 0 Å². The van der Waals surface area contributed by atoms with E-state index in [1.54, 1.807) is 0 Å². The lowest BCUT2D eigenvalue weighted by atomic mass is 9.89. The molecule has 4 nitrogen and oxygen atoms in total. The summed E-state index contributed by atoms with van der Waals surface area (Å²) in [6.45, 7) is 2.14. The van der Waals surface area contributed by atoms with Gasteiger partial charge in [-0.25, -0.2) is 13.2 Å². The lowest BCUT2D eigenvalue weighted by molar-refractivity contribution is 0.0155. The van der Waals surface area contributed by atoms with E-state index in [2.05, 4.69) is 6.92 Å². The van der Waals surface area contributed by atoms with E-state index >= 15 is 0 Å². The predicted molar refractivity (Wildman–Crippen MR) is 81.4 cm³/mol. The van der Waals surface area contributed by atoms with Gasteiger partial charge in [0.25, 0.3) is 0 Å². The summed E-state index contributed by atoms with van der Waals surface area (Å²) in [7, 11) is -3.47. The van der Waals surface area contributed by atoms with Crippen molar-refractivity contribution in [2.75, 3.05) is 6.26 Å². The number of carbonyl (C=O) groups is 1. The van der Waals surface area contributed by atoms with E-state index in [-0.39, 0.29) is 21.6 Å². The van der Waals surface area contributed by atoms with Crippen molar-refractivity contribution < 1.29 is 17.9 Å². The van der Waals surface area contributed by atoms with Crippen molar-refractivity contribution in [3.8, 4) is 0 Å². The summed E-state index contributed by atoms with van der Waals surface area (Å²) in [4.78, 5) is 12.1. The fraction of sp³-hybridized carbons (Fsp3) is 0.533. The molecule has 1 fully saturated rings. The SMILES string of the molecule is CC1CCCC(OC(=O)c2ccc(Cl)c(S(C)(=O)=O)c2)C1. The van der Waals surface area contributed by atoms with Gasteiger partial charge in [0.2, 0.25) is 0 Å². The Bertz CT molecular complexity index is 639. The third kappa shape index (κ3) is 4.20. The maximum absolute atomic E-state index is 12.1. The second-order valence-electron chi connectivity index (χ2n) is 5.72. The molecule has 0 aromatic heterocycles. The van der Waals surface area contributed by atoms with Crippen molar-refractivity contribution in [2.24, 2.45) is 5.92 Å². The van der Waals surface area contributed by atoms with Gasteiger partial charge < -0.3 is 4.74 Å². The molecule has 0 heterocycles. The van der Waals surface area contributed by atoms with Gasteiger partial charge in [0.1, 0.15) is 6.10 Å². The third-order valence-corrected chi connectivity index (χ3v) is 5.31. The summed E-state index contributed by atoms with van der Waals surface area (Å²) in [5.41, 5.74) is 0.220. The van der Waals surface area contributed by atoms with Crippen LogP contribution in [0.25, 0.3) is 0 Å². The number of esters is 1. The fourth-order valence-electron chi connectivity index (χ4n) is 2.62. The molecule has 2 unspecified atom stereocenters. The Morgan fingerprint density at radius 1 is 1.33 bits per heavy atom. The largest absolute Gasteiger partial charge is 0.459 e. The number of halogens is 1. The highest BCUT2D eigenvalue weighted by atomic mass is 35.5. The number of benzene rings is 1. The predicted octanol–water partition coefficient (Wildman–Crippen LogP) is 3.48. The average molecular weight is 331 g/mol. The monoisotopic (exact) mass is 330 g/mol. The number of hydrogen-bond donors (Lipinski definition) is 0. The summed E-state index contributed by atoms with van der Waals surface area (Å²) in [5, 5.41) is 0.111. The maximum atomic E-state index is 12.1. The summed E-state index contributed by atoms with van der Waals surface area (Å²) in [6, 6.07) is 4.19. The molecule has 0 saturated heterocycles. The molecule has 1 aromatic rings. The maximum Gasteiger partial charge on any atom is 0.338 e. The smallest absolute Gasteiger partial charge is 0.338 e. The van der Waals surface area contributed by atoms with Crippen LogP contribution in [-0.2, 0) is 14.6 Å². The minimum Gasteiger partial charge on any atom is -0.459 e. The molecule has 1 aliphatic rings. The molecular weight excluding hydrogens is 312 g/mol. The van der Waals surface area contributed by atoms with E-state index < -0.39 is 15.8 Å². The molecule has 1 saturated carbocycles. The number of sulfone groups is 1. The molecule has 21 heavy (non-hydrogen) atoms. The minimum absolute atomic E-state index is 0.0457. The molecule has 1 aliphatic carbocycles. The van der Waals surface area contributed by atoms with Crippen molar-refractivity contribution in [3.05, 3.63) is 28.8 Å². The van der Waals surface area contributed by atoms with Crippen LogP contribution in [0.2, 0.25) is 5.02 Å². The number of carbonyl (C=O) groups excluding carboxylic acids is 1. The van der Waals surface area contributed by atoms with E-state index in [1.807, 2.05) is 0 Å². The van der Waals surface area contributed by atoms with Gasteiger partial charge >= 0.3 is 5.97 Å². The van der Waals surface area contributed by atoms with Crippen LogP contribution < -0.4 is 0 Å². The Hall–Kier alpha value is -1.07. The van der Waals surface area contributed by atoms with E-state index in [0.29, 0.717) is 5.92 Å². The molecule has 6 heteroatoms. The standard InChI is InChI=1S/C15H19ClO4S/c1-10-4-3-5-12(8-10)20-15(17)11-6-7-13(16)14(9-11)21(2,18)19/h6-7,9-10,12H,3-5,8H2,1-2H3. The molecule has 116 valence electrons. The normalized spacial score (nSPS) is 22.8. The first-order chi connectivity index (χ1) is 9.77. The minimum atomic E-state index is -3.47. The van der Waals surface area contributed by atoms with Gasteiger partial charge in [0, 0.05) is 6.26 Å². The average Bonchev–Trinajstić information content (AvgIpc) is 2.37. The fourth-order valence-corrected chi connectivity index (χ4v) is 3.92. The zero-order valence-corrected chi connectivity index (χ0v) is 13.7. The first kappa shape index (κ1) is 16.3. The Morgan fingerprint density at radius 2 is 2.05 bits per heavy atom. The first-order valence-electron chi connectivity index (χ1n) is 6.98. The van der Waals surface area contributed by atoms with Crippen LogP contribution in [0.4, 0.5) is 0 Å². The lowest BCUT2D eigenvalue weighted by Crippen LogP contribution is -2.24. The van der Waals surface area contributed by atoms with E-state index in [0.717, 1.165) is 31.9 Å².